The Labute approximate surface area is 118 Å². The van der Waals surface area contributed by atoms with Gasteiger partial charge in [-0.25, -0.2) is 9.97 Å². The third-order valence-corrected chi connectivity index (χ3v) is 4.34. The van der Waals surface area contributed by atoms with E-state index in [1.54, 1.807) is 4.90 Å². The number of aromatic nitrogens is 2. The van der Waals surface area contributed by atoms with Crippen LogP contribution in [0.15, 0.2) is 6.07 Å². The number of carbonyl (C=O) groups excluding carboxylic acids is 1. The second-order valence-corrected chi connectivity index (χ2v) is 6.20. The first-order valence-corrected chi connectivity index (χ1v) is 7.15. The number of nitrogens with zero attached hydrogens (tertiary/aromatic N) is 3. The predicted octanol–water partition coefficient (Wildman–Crippen LogP) is 1.86. The minimum Gasteiger partial charge on any atom is -0.391 e. The van der Waals surface area contributed by atoms with Crippen LogP contribution in [0.5, 0.6) is 0 Å². The molecular weight excluding hydrogens is 286 g/mol. The van der Waals surface area contributed by atoms with Gasteiger partial charge in [0.1, 0.15) is 0 Å². The molecule has 1 amide bonds. The van der Waals surface area contributed by atoms with Crippen LogP contribution in [-0.4, -0.2) is 45.1 Å². The third kappa shape index (κ3) is 2.31. The minimum atomic E-state index is -0.443. The average molecular weight is 298 g/mol. The van der Waals surface area contributed by atoms with Crippen molar-refractivity contribution in [2.75, 3.05) is 13.1 Å². The number of aliphatic hydroxyl groups excluding tert-OH is 1. The number of hydrogen-bond acceptors (Lipinski definition) is 5. The number of carbonyl (C=O) groups is 1. The molecular formula is C12H12ClN3O2S. The van der Waals surface area contributed by atoms with E-state index in [0.717, 1.165) is 9.58 Å². The number of hydrogen-bond donors (Lipinski definition) is 1. The van der Waals surface area contributed by atoms with Crippen molar-refractivity contribution in [3.63, 3.8) is 0 Å². The van der Waals surface area contributed by atoms with E-state index >= 15 is 0 Å². The van der Waals surface area contributed by atoms with Crippen LogP contribution in [0, 0.1) is 6.92 Å². The smallest absolute Gasteiger partial charge is 0.274 e. The molecule has 2 aromatic heterocycles. The number of β-amino-alcohol motifs (C(OH)–C–C–N with tert-alkyl or cyclic N) is 1. The lowest BCUT2D eigenvalue weighted by molar-refractivity contribution is 0.0761. The molecule has 1 fully saturated rings. The molecule has 3 rings (SSSR count). The molecule has 1 aliphatic rings. The summed E-state index contributed by atoms with van der Waals surface area (Å²) in [6.07, 6.45) is 0.166. The summed E-state index contributed by atoms with van der Waals surface area (Å²) in [7, 11) is 0. The van der Waals surface area contributed by atoms with Crippen LogP contribution in [0.1, 0.15) is 21.8 Å². The van der Waals surface area contributed by atoms with E-state index in [2.05, 4.69) is 9.97 Å². The molecule has 0 bridgehead atoms. The van der Waals surface area contributed by atoms with Gasteiger partial charge in [0.25, 0.3) is 5.91 Å². The van der Waals surface area contributed by atoms with Crippen LogP contribution in [0.3, 0.4) is 0 Å². The zero-order valence-corrected chi connectivity index (χ0v) is 11.8. The molecule has 1 saturated heterocycles. The fourth-order valence-corrected chi connectivity index (χ4v) is 3.35. The predicted molar refractivity (Wildman–Crippen MR) is 73.7 cm³/mol. The zero-order valence-electron chi connectivity index (χ0n) is 10.3. The van der Waals surface area contributed by atoms with Crippen LogP contribution in [0.2, 0.25) is 5.28 Å². The average Bonchev–Trinajstić information content (AvgIpc) is 2.92. The highest BCUT2D eigenvalue weighted by atomic mass is 35.5. The van der Waals surface area contributed by atoms with Gasteiger partial charge >= 0.3 is 0 Å². The van der Waals surface area contributed by atoms with Crippen LogP contribution < -0.4 is 0 Å². The topological polar surface area (TPSA) is 66.3 Å². The number of halogens is 1. The van der Waals surface area contributed by atoms with Gasteiger partial charge in [0.15, 0.2) is 5.69 Å². The van der Waals surface area contributed by atoms with Gasteiger partial charge in [0.2, 0.25) is 5.28 Å². The maximum absolute atomic E-state index is 12.4. The van der Waals surface area contributed by atoms with E-state index < -0.39 is 6.10 Å². The molecule has 2 aromatic rings. The molecule has 7 heteroatoms. The maximum atomic E-state index is 12.4. The van der Waals surface area contributed by atoms with E-state index in [9.17, 15) is 9.90 Å². The summed E-state index contributed by atoms with van der Waals surface area (Å²) in [6.45, 7) is 2.86. The van der Waals surface area contributed by atoms with Gasteiger partial charge in [0, 0.05) is 18.0 Å². The van der Waals surface area contributed by atoms with Crippen LogP contribution >= 0.6 is 22.9 Å². The second kappa shape index (κ2) is 4.70. The van der Waals surface area contributed by atoms with Gasteiger partial charge in [-0.15, -0.1) is 11.3 Å². The minimum absolute atomic E-state index is 0.0772. The molecule has 0 radical (unpaired) electrons. The van der Waals surface area contributed by atoms with Crippen molar-refractivity contribution < 1.29 is 9.90 Å². The van der Waals surface area contributed by atoms with Crippen molar-refractivity contribution in [1.29, 1.82) is 0 Å². The lowest BCUT2D eigenvalue weighted by atomic mass is 10.3. The first-order chi connectivity index (χ1) is 9.04. The Morgan fingerprint density at radius 3 is 3.05 bits per heavy atom. The number of aliphatic hydroxyl groups is 1. The number of likely N-dealkylation sites (tertiary alicyclic amines) is 1. The Hall–Kier alpha value is -1.24. The van der Waals surface area contributed by atoms with Crippen molar-refractivity contribution in [1.82, 2.24) is 14.9 Å². The van der Waals surface area contributed by atoms with Crippen molar-refractivity contribution >= 4 is 39.1 Å². The van der Waals surface area contributed by atoms with E-state index in [4.69, 9.17) is 11.6 Å². The summed E-state index contributed by atoms with van der Waals surface area (Å²) in [5, 5.41) is 9.59. The summed E-state index contributed by atoms with van der Waals surface area (Å²) in [6, 6.07) is 1.89. The van der Waals surface area contributed by atoms with Gasteiger partial charge in [-0.2, -0.15) is 0 Å². The number of amides is 1. The van der Waals surface area contributed by atoms with Gasteiger partial charge in [-0.05, 0) is 31.0 Å². The summed E-state index contributed by atoms with van der Waals surface area (Å²) < 4.78 is 0.758. The molecule has 1 aliphatic heterocycles. The van der Waals surface area contributed by atoms with E-state index in [1.165, 1.54) is 11.3 Å². The molecule has 0 aromatic carbocycles. The lowest BCUT2D eigenvalue weighted by Gasteiger charge is -2.15. The van der Waals surface area contributed by atoms with Crippen LogP contribution in [-0.2, 0) is 0 Å². The molecule has 0 saturated carbocycles. The van der Waals surface area contributed by atoms with E-state index in [1.807, 2.05) is 13.0 Å². The Balaban J connectivity index is 2.06. The summed E-state index contributed by atoms with van der Waals surface area (Å²) >= 11 is 7.36. The van der Waals surface area contributed by atoms with Gasteiger partial charge < -0.3 is 10.0 Å². The van der Waals surface area contributed by atoms with E-state index in [0.29, 0.717) is 30.7 Å². The number of aryl methyl sites for hydroxylation is 1. The van der Waals surface area contributed by atoms with Crippen molar-refractivity contribution in [3.8, 4) is 0 Å². The summed E-state index contributed by atoms with van der Waals surface area (Å²) in [5.41, 5.74) is 1.03. The molecule has 5 nitrogen and oxygen atoms in total. The van der Waals surface area contributed by atoms with Gasteiger partial charge in [-0.3, -0.25) is 4.79 Å². The monoisotopic (exact) mass is 297 g/mol. The van der Waals surface area contributed by atoms with E-state index in [-0.39, 0.29) is 11.2 Å². The lowest BCUT2D eigenvalue weighted by Crippen LogP contribution is -2.30. The molecule has 0 spiro atoms. The first kappa shape index (κ1) is 12.8. The Bertz CT molecular complexity index is 658. The maximum Gasteiger partial charge on any atom is 0.274 e. The molecule has 1 unspecified atom stereocenters. The molecule has 3 heterocycles. The van der Waals surface area contributed by atoms with Gasteiger partial charge in [0.05, 0.1) is 16.3 Å². The number of thiophene rings is 1. The van der Waals surface area contributed by atoms with Crippen molar-refractivity contribution in [3.05, 3.63) is 21.9 Å². The second-order valence-electron chi connectivity index (χ2n) is 4.61. The molecule has 1 N–H and O–H groups in total. The Morgan fingerprint density at radius 2 is 2.37 bits per heavy atom. The third-order valence-electron chi connectivity index (χ3n) is 3.12. The Morgan fingerprint density at radius 1 is 1.58 bits per heavy atom. The zero-order chi connectivity index (χ0) is 13.6. The summed E-state index contributed by atoms with van der Waals surface area (Å²) in [4.78, 5) is 23.3. The molecule has 1 atom stereocenters. The first-order valence-electron chi connectivity index (χ1n) is 5.95. The fraction of sp³-hybridized carbons (Fsp3) is 0.417. The van der Waals surface area contributed by atoms with Crippen molar-refractivity contribution in [2.24, 2.45) is 0 Å². The Kier molecular flexibility index (Phi) is 3.16. The summed E-state index contributed by atoms with van der Waals surface area (Å²) in [5.74, 6) is -0.187. The quantitative estimate of drug-likeness (QED) is 0.816. The normalized spacial score (nSPS) is 19.3. The SMILES string of the molecule is Cc1cc2nc(Cl)nc(C(=O)N3CCC(O)C3)c2s1. The highest BCUT2D eigenvalue weighted by Crippen LogP contribution is 2.28. The highest BCUT2D eigenvalue weighted by molar-refractivity contribution is 7.19. The van der Waals surface area contributed by atoms with Crippen LogP contribution in [0.4, 0.5) is 0 Å². The number of rotatable bonds is 1. The highest BCUT2D eigenvalue weighted by Gasteiger charge is 2.28. The largest absolute Gasteiger partial charge is 0.391 e. The standard InChI is InChI=1S/C12H12ClN3O2S/c1-6-4-8-10(19-6)9(15-12(13)14-8)11(18)16-3-2-7(17)5-16/h4,7,17H,2-3,5H2,1H3. The molecule has 0 aliphatic carbocycles. The van der Waals surface area contributed by atoms with Gasteiger partial charge in [-0.1, -0.05) is 0 Å². The van der Waals surface area contributed by atoms with Crippen molar-refractivity contribution in [2.45, 2.75) is 19.4 Å². The molecule has 19 heavy (non-hydrogen) atoms. The fourth-order valence-electron chi connectivity index (χ4n) is 2.24. The molecule has 100 valence electrons. The van der Waals surface area contributed by atoms with Crippen LogP contribution in [0.25, 0.3) is 10.2 Å². The number of fused-ring (bicyclic) bond motifs is 1.